The van der Waals surface area contributed by atoms with E-state index in [1.165, 1.54) is 141 Å². The Morgan fingerprint density at radius 3 is 1.22 bits per heavy atom. The summed E-state index contributed by atoms with van der Waals surface area (Å²) in [5.74, 6) is -1.76. The summed E-state index contributed by atoms with van der Waals surface area (Å²) >= 11 is 0. The van der Waals surface area contributed by atoms with Gasteiger partial charge in [0.05, 0.1) is 28.5 Å². The molecule has 0 saturated carbocycles. The molecule has 0 aliphatic rings. The summed E-state index contributed by atoms with van der Waals surface area (Å²) in [6.07, 6.45) is 37.8. The predicted molar refractivity (Wildman–Crippen MR) is 195 cm³/mol. The number of unbranched alkanes of at least 4 members (excludes halogenated alkanes) is 24. The van der Waals surface area contributed by atoms with Crippen molar-refractivity contribution in [3.8, 4) is 0 Å². The summed E-state index contributed by atoms with van der Waals surface area (Å²) in [6.45, 7) is 4.48. The number of carbonyl (C=O) groups is 2. The minimum atomic E-state index is -4.84. The minimum absolute atomic E-state index is 0. The Morgan fingerprint density at radius 2 is 0.878 bits per heavy atom. The quantitative estimate of drug-likeness (QED) is 0.0247. The minimum Gasteiger partial charge on any atom is -0.744 e. The first-order chi connectivity index (χ1) is 23.3. The summed E-state index contributed by atoms with van der Waals surface area (Å²) in [7, 11) is -4.84. The zero-order valence-corrected chi connectivity index (χ0v) is 35.1. The Labute approximate surface area is 342 Å². The first-order valence-electron chi connectivity index (χ1n) is 19.1. The van der Waals surface area contributed by atoms with Crippen molar-refractivity contribution in [2.24, 2.45) is 0 Å². The van der Waals surface area contributed by atoms with Crippen LogP contribution in [0.3, 0.4) is 0 Å². The fourth-order valence-corrected chi connectivity index (χ4v) is 6.21. The zero-order valence-electron chi connectivity index (χ0n) is 31.2. The van der Waals surface area contributed by atoms with Crippen LogP contribution in [0, 0.1) is 0 Å². The zero-order chi connectivity index (χ0) is 35.1. The molecule has 0 aromatic heterocycles. The Morgan fingerprint density at radius 1 is 0.551 bits per heavy atom. The van der Waals surface area contributed by atoms with Crippen LogP contribution in [0.1, 0.15) is 202 Å². The van der Waals surface area contributed by atoms with Gasteiger partial charge in [0.15, 0.2) is 0 Å². The standard InChI is InChI=1S/C40H66O7S.K/c1-3-5-7-9-11-13-15-17-19-21-23-25-27-29-33-46-39(41)37-32-31-36(48(43,44)45)35-38(37)40(42)47-34-30-28-26-24-22-20-18-16-14-12-10-8-6-4-2;/h29-35H,3-28H2,1-2H3,(H,43,44,45);/q;+1/p-1/b33-29+,34-30+;. The van der Waals surface area contributed by atoms with Gasteiger partial charge in [-0.1, -0.05) is 155 Å². The third-order valence-electron chi connectivity index (χ3n) is 8.71. The smallest absolute Gasteiger partial charge is 0.744 e. The number of esters is 2. The molecule has 1 aromatic rings. The van der Waals surface area contributed by atoms with Gasteiger partial charge in [-0.05, 0) is 56.0 Å². The first kappa shape index (κ1) is 48.2. The van der Waals surface area contributed by atoms with Crippen LogP contribution in [0.15, 0.2) is 47.8 Å². The van der Waals surface area contributed by atoms with Gasteiger partial charge in [-0.2, -0.15) is 0 Å². The average Bonchev–Trinajstić information content (AvgIpc) is 3.07. The molecule has 0 unspecified atom stereocenters. The molecule has 1 rings (SSSR count). The molecule has 0 spiro atoms. The molecule has 9 heteroatoms. The maximum Gasteiger partial charge on any atom is 1.00 e. The van der Waals surface area contributed by atoms with Crippen molar-refractivity contribution in [1.82, 2.24) is 0 Å². The van der Waals surface area contributed by atoms with Crippen LogP contribution in [0.2, 0.25) is 0 Å². The fraction of sp³-hybridized carbons (Fsp3) is 0.700. The van der Waals surface area contributed by atoms with Crippen LogP contribution in [-0.4, -0.2) is 24.9 Å². The van der Waals surface area contributed by atoms with Crippen molar-refractivity contribution in [2.75, 3.05) is 0 Å². The van der Waals surface area contributed by atoms with Crippen molar-refractivity contribution in [1.29, 1.82) is 0 Å². The van der Waals surface area contributed by atoms with Gasteiger partial charge in [0.2, 0.25) is 0 Å². The molecule has 0 aliphatic carbocycles. The molecule has 0 N–H and O–H groups in total. The second-order valence-corrected chi connectivity index (χ2v) is 14.5. The summed E-state index contributed by atoms with van der Waals surface area (Å²) in [4.78, 5) is 24.9. The van der Waals surface area contributed by atoms with E-state index in [0.29, 0.717) is 0 Å². The van der Waals surface area contributed by atoms with Crippen LogP contribution in [0.4, 0.5) is 0 Å². The third-order valence-corrected chi connectivity index (χ3v) is 9.54. The topological polar surface area (TPSA) is 110 Å². The Bertz CT molecular complexity index is 1150. The van der Waals surface area contributed by atoms with Gasteiger partial charge < -0.3 is 14.0 Å². The molecular formula is C40H65KO7S. The SMILES string of the molecule is CCCCCCCCCCCCCC/C=C/OC(=O)c1ccc(S(=O)(=O)[O-])cc1C(=O)O/C=C/CCCCCCCCCCCCCC.[K+]. The predicted octanol–water partition coefficient (Wildman–Crippen LogP) is 9.12. The third kappa shape index (κ3) is 26.6. The number of rotatable bonds is 31. The molecule has 0 atom stereocenters. The van der Waals surface area contributed by atoms with E-state index < -0.39 is 27.0 Å². The van der Waals surface area contributed by atoms with Gasteiger partial charge in [-0.3, -0.25) is 0 Å². The van der Waals surface area contributed by atoms with Crippen LogP contribution >= 0.6 is 0 Å². The molecule has 0 aliphatic heterocycles. The van der Waals surface area contributed by atoms with E-state index in [2.05, 4.69) is 13.8 Å². The largest absolute Gasteiger partial charge is 1.00 e. The Hall–Kier alpha value is -0.814. The average molecular weight is 729 g/mol. The van der Waals surface area contributed by atoms with E-state index in [9.17, 15) is 22.6 Å². The van der Waals surface area contributed by atoms with Gasteiger partial charge in [-0.15, -0.1) is 0 Å². The summed E-state index contributed by atoms with van der Waals surface area (Å²) in [6, 6.07) is 2.98. The molecule has 0 amide bonds. The number of benzene rings is 1. The number of hydrogen-bond donors (Lipinski definition) is 0. The molecule has 274 valence electrons. The molecule has 0 heterocycles. The van der Waals surface area contributed by atoms with Crippen molar-refractivity contribution in [3.05, 3.63) is 54.0 Å². The van der Waals surface area contributed by atoms with Crippen LogP contribution in [0.5, 0.6) is 0 Å². The second kappa shape index (κ2) is 33.1. The fourth-order valence-electron chi connectivity index (χ4n) is 5.71. The van der Waals surface area contributed by atoms with E-state index in [-0.39, 0.29) is 62.5 Å². The maximum atomic E-state index is 12.8. The van der Waals surface area contributed by atoms with E-state index in [0.717, 1.165) is 56.7 Å². The van der Waals surface area contributed by atoms with Gasteiger partial charge in [0, 0.05) is 0 Å². The number of allylic oxidation sites excluding steroid dienone is 2. The molecular weight excluding hydrogens is 664 g/mol. The summed E-state index contributed by atoms with van der Waals surface area (Å²) in [5, 5.41) is 0. The normalized spacial score (nSPS) is 11.7. The summed E-state index contributed by atoms with van der Waals surface area (Å²) in [5.41, 5.74) is -0.502. The number of carbonyl (C=O) groups excluding carboxylic acids is 2. The molecule has 0 saturated heterocycles. The van der Waals surface area contributed by atoms with E-state index in [1.807, 2.05) is 0 Å². The van der Waals surface area contributed by atoms with Crippen molar-refractivity contribution >= 4 is 22.1 Å². The van der Waals surface area contributed by atoms with Crippen molar-refractivity contribution < 1.29 is 83.4 Å². The monoisotopic (exact) mass is 728 g/mol. The van der Waals surface area contributed by atoms with Gasteiger partial charge in [0.25, 0.3) is 0 Å². The number of ether oxygens (including phenoxy) is 2. The Balaban J connectivity index is 0.0000230. The number of hydrogen-bond acceptors (Lipinski definition) is 7. The van der Waals surface area contributed by atoms with E-state index >= 15 is 0 Å². The van der Waals surface area contributed by atoms with Crippen LogP contribution in [-0.2, 0) is 19.6 Å². The van der Waals surface area contributed by atoms with Crippen molar-refractivity contribution in [2.45, 2.75) is 186 Å². The second-order valence-electron chi connectivity index (χ2n) is 13.1. The molecule has 0 radical (unpaired) electrons. The van der Waals surface area contributed by atoms with Gasteiger partial charge in [-0.25, -0.2) is 18.0 Å². The molecule has 7 nitrogen and oxygen atoms in total. The maximum absolute atomic E-state index is 12.8. The van der Waals surface area contributed by atoms with Crippen molar-refractivity contribution in [3.63, 3.8) is 0 Å². The summed E-state index contributed by atoms with van der Waals surface area (Å²) < 4.78 is 45.1. The van der Waals surface area contributed by atoms with E-state index in [4.69, 9.17) is 9.47 Å². The molecule has 0 fully saturated rings. The Kier molecular flexibility index (Phi) is 32.5. The molecule has 49 heavy (non-hydrogen) atoms. The first-order valence-corrected chi connectivity index (χ1v) is 20.5. The van der Waals surface area contributed by atoms with Gasteiger partial charge in [0.1, 0.15) is 10.1 Å². The van der Waals surface area contributed by atoms with Crippen LogP contribution in [0.25, 0.3) is 0 Å². The van der Waals surface area contributed by atoms with E-state index in [1.54, 1.807) is 12.2 Å². The molecule has 0 bridgehead atoms. The molecule has 1 aromatic carbocycles. The van der Waals surface area contributed by atoms with Gasteiger partial charge >= 0.3 is 63.3 Å². The van der Waals surface area contributed by atoms with Crippen LogP contribution < -0.4 is 51.4 Å².